The highest BCUT2D eigenvalue weighted by molar-refractivity contribution is 5.94. The van der Waals surface area contributed by atoms with Crippen LogP contribution in [0.4, 0.5) is 4.39 Å². The lowest BCUT2D eigenvalue weighted by Crippen LogP contribution is -2.45. The van der Waals surface area contributed by atoms with Crippen LogP contribution in [0.3, 0.4) is 0 Å². The molecule has 0 saturated carbocycles. The Bertz CT molecular complexity index is 2180. The van der Waals surface area contributed by atoms with E-state index in [1.54, 1.807) is 15.9 Å². The van der Waals surface area contributed by atoms with Crippen LogP contribution in [0.1, 0.15) is 82.9 Å². The van der Waals surface area contributed by atoms with E-state index >= 15 is 0 Å². The van der Waals surface area contributed by atoms with Gasteiger partial charge in [0.05, 0.1) is 62.4 Å². The summed E-state index contributed by atoms with van der Waals surface area (Å²) >= 11 is 0. The minimum atomic E-state index is -0.561. The molecule has 0 unspecified atom stereocenters. The van der Waals surface area contributed by atoms with Gasteiger partial charge in [0.25, 0.3) is 0 Å². The van der Waals surface area contributed by atoms with Crippen molar-refractivity contribution in [3.05, 3.63) is 101 Å². The first-order chi connectivity index (χ1) is 30.1. The second kappa shape index (κ2) is 20.5. The number of ether oxygens (including phenoxy) is 2. The zero-order valence-corrected chi connectivity index (χ0v) is 37.5. The molecule has 4 atom stereocenters. The molecular formula is C51H60FN3O8. The van der Waals surface area contributed by atoms with Gasteiger partial charge in [0.1, 0.15) is 5.82 Å². The predicted molar refractivity (Wildman–Crippen MR) is 238 cm³/mol. The lowest BCUT2D eigenvalue weighted by Gasteiger charge is -2.29. The summed E-state index contributed by atoms with van der Waals surface area (Å²) < 4.78 is 26.2. The summed E-state index contributed by atoms with van der Waals surface area (Å²) in [6.07, 6.45) is 2.85. The molecule has 2 aliphatic rings. The van der Waals surface area contributed by atoms with Crippen molar-refractivity contribution < 1.29 is 42.6 Å². The zero-order valence-electron chi connectivity index (χ0n) is 37.5. The SMILES string of the molecule is COC(=O)C[C@H](C(=O)N1CCC[C@H]1C(=O)Cc1ccc(-c2ccc(-c3ccc(CC(=O)[C@@H]4CCCN4C(=O)[C@@H](CC(=O)OC)C(C)C)cc3)n2-c2ccc(F)cc2C)cc1)C(C)C. The fourth-order valence-electron chi connectivity index (χ4n) is 9.14. The summed E-state index contributed by atoms with van der Waals surface area (Å²) in [5.41, 5.74) is 6.62. The third-order valence-corrected chi connectivity index (χ3v) is 12.8. The fourth-order valence-corrected chi connectivity index (χ4v) is 9.14. The van der Waals surface area contributed by atoms with E-state index in [1.807, 2.05) is 95.3 Å². The van der Waals surface area contributed by atoms with Crippen molar-refractivity contribution in [2.24, 2.45) is 23.7 Å². The van der Waals surface area contributed by atoms with Gasteiger partial charge in [-0.15, -0.1) is 0 Å². The normalized spacial score (nSPS) is 17.2. The summed E-state index contributed by atoms with van der Waals surface area (Å²) in [6.45, 7) is 10.4. The molecule has 0 spiro atoms. The van der Waals surface area contributed by atoms with Gasteiger partial charge in [-0.25, -0.2) is 4.39 Å². The topological polar surface area (TPSA) is 132 Å². The van der Waals surface area contributed by atoms with Gasteiger partial charge >= 0.3 is 11.9 Å². The van der Waals surface area contributed by atoms with Gasteiger partial charge in [-0.3, -0.25) is 28.8 Å². The molecule has 63 heavy (non-hydrogen) atoms. The van der Waals surface area contributed by atoms with E-state index in [1.165, 1.54) is 26.4 Å². The van der Waals surface area contributed by atoms with Crippen LogP contribution in [0.15, 0.2) is 78.9 Å². The number of carbonyl (C=O) groups is 6. The Hall–Kier alpha value is -5.91. The number of nitrogens with zero attached hydrogens (tertiary/aromatic N) is 3. The van der Waals surface area contributed by atoms with Crippen LogP contribution in [-0.2, 0) is 51.1 Å². The Morgan fingerprint density at radius 1 is 0.619 bits per heavy atom. The summed E-state index contributed by atoms with van der Waals surface area (Å²) in [4.78, 5) is 82.2. The molecular weight excluding hydrogens is 802 g/mol. The van der Waals surface area contributed by atoms with Crippen molar-refractivity contribution in [3.8, 4) is 28.2 Å². The van der Waals surface area contributed by atoms with Gasteiger partial charge in [0.15, 0.2) is 11.6 Å². The number of esters is 2. The van der Waals surface area contributed by atoms with Crippen LogP contribution in [-0.4, -0.2) is 89.1 Å². The van der Waals surface area contributed by atoms with Crippen molar-refractivity contribution in [2.45, 2.75) is 98.1 Å². The zero-order chi connectivity index (χ0) is 45.5. The van der Waals surface area contributed by atoms with Crippen LogP contribution in [0.2, 0.25) is 0 Å². The molecule has 2 aliphatic heterocycles. The number of amides is 2. The first kappa shape index (κ1) is 46.6. The van der Waals surface area contributed by atoms with E-state index in [0.29, 0.717) is 38.8 Å². The van der Waals surface area contributed by atoms with E-state index in [0.717, 1.165) is 44.9 Å². The Kier molecular flexibility index (Phi) is 15.2. The van der Waals surface area contributed by atoms with Gasteiger partial charge in [0, 0.05) is 31.6 Å². The quantitative estimate of drug-likeness (QED) is 0.0973. The Balaban J connectivity index is 1.20. The minimum Gasteiger partial charge on any atom is -0.469 e. The van der Waals surface area contributed by atoms with E-state index in [4.69, 9.17) is 9.47 Å². The van der Waals surface area contributed by atoms with Gasteiger partial charge in [0.2, 0.25) is 11.8 Å². The van der Waals surface area contributed by atoms with Crippen molar-refractivity contribution in [1.82, 2.24) is 14.4 Å². The average Bonchev–Trinajstić information content (AvgIpc) is 4.06. The summed E-state index contributed by atoms with van der Waals surface area (Å²) in [7, 11) is 2.61. The van der Waals surface area contributed by atoms with Crippen LogP contribution >= 0.6 is 0 Å². The number of methoxy groups -OCH3 is 2. The third-order valence-electron chi connectivity index (χ3n) is 12.8. The molecule has 3 heterocycles. The number of benzene rings is 3. The highest BCUT2D eigenvalue weighted by Gasteiger charge is 2.40. The predicted octanol–water partition coefficient (Wildman–Crippen LogP) is 8.13. The first-order valence-electron chi connectivity index (χ1n) is 22.1. The molecule has 0 N–H and O–H groups in total. The number of rotatable bonds is 17. The van der Waals surface area contributed by atoms with Gasteiger partial charge in [-0.05, 0) is 103 Å². The van der Waals surface area contributed by atoms with E-state index in [9.17, 15) is 33.2 Å². The molecule has 4 aromatic rings. The molecule has 2 amide bonds. The van der Waals surface area contributed by atoms with E-state index in [-0.39, 0.29) is 66.7 Å². The summed E-state index contributed by atoms with van der Waals surface area (Å²) in [5.74, 6) is -3.00. The monoisotopic (exact) mass is 861 g/mol. The molecule has 0 bridgehead atoms. The molecule has 12 heteroatoms. The van der Waals surface area contributed by atoms with Gasteiger partial charge < -0.3 is 23.8 Å². The van der Waals surface area contributed by atoms with E-state index in [2.05, 4.69) is 4.57 Å². The maximum atomic E-state index is 14.4. The second-order valence-electron chi connectivity index (χ2n) is 17.7. The molecule has 6 rings (SSSR count). The Morgan fingerprint density at radius 3 is 1.40 bits per heavy atom. The number of hydrogen-bond donors (Lipinski definition) is 0. The van der Waals surface area contributed by atoms with Crippen molar-refractivity contribution in [2.75, 3.05) is 27.3 Å². The average molecular weight is 862 g/mol. The highest BCUT2D eigenvalue weighted by Crippen LogP contribution is 2.35. The number of halogens is 1. The number of aryl methyl sites for hydroxylation is 1. The largest absolute Gasteiger partial charge is 0.469 e. The number of likely N-dealkylation sites (tertiary alicyclic amines) is 2. The number of aromatic nitrogens is 1. The standard InChI is InChI=1S/C51H60FN3O8/c1-31(2)39(29-48(58)62-6)50(60)53-24-8-10-44(53)46(56)27-34-12-16-36(17-13-34)42-22-23-43(55(42)41-21-20-38(52)26-33(41)5)37-18-14-35(15-19-37)28-47(57)45-11-9-25-54(45)51(61)40(32(3)4)30-49(59)63-7/h12-23,26,31-32,39-40,44-45H,8-11,24-25,27-30H2,1-7H3/t39-,40-,44-,45-/m0/s1. The Labute approximate surface area is 369 Å². The lowest BCUT2D eigenvalue weighted by atomic mass is 9.90. The van der Waals surface area contributed by atoms with Crippen LogP contribution in [0.5, 0.6) is 0 Å². The third kappa shape index (κ3) is 10.7. The maximum absolute atomic E-state index is 14.4. The van der Waals surface area contributed by atoms with E-state index < -0.39 is 35.9 Å². The lowest BCUT2D eigenvalue weighted by molar-refractivity contribution is -0.149. The van der Waals surface area contributed by atoms with Gasteiger partial charge in [-0.1, -0.05) is 76.2 Å². The molecule has 0 aliphatic carbocycles. The molecule has 3 aromatic carbocycles. The summed E-state index contributed by atoms with van der Waals surface area (Å²) in [5, 5.41) is 0. The number of Topliss-reactive ketones (excluding diaryl/α,β-unsaturated/α-hetero) is 2. The number of hydrogen-bond acceptors (Lipinski definition) is 8. The number of carbonyl (C=O) groups excluding carboxylic acids is 6. The maximum Gasteiger partial charge on any atom is 0.306 e. The molecule has 0 radical (unpaired) electrons. The van der Waals surface area contributed by atoms with Crippen LogP contribution < -0.4 is 0 Å². The van der Waals surface area contributed by atoms with Crippen molar-refractivity contribution >= 4 is 35.3 Å². The smallest absolute Gasteiger partial charge is 0.306 e. The van der Waals surface area contributed by atoms with Crippen LogP contribution in [0, 0.1) is 36.4 Å². The Morgan fingerprint density at radius 2 is 1.03 bits per heavy atom. The van der Waals surface area contributed by atoms with Gasteiger partial charge in [-0.2, -0.15) is 0 Å². The molecule has 2 saturated heterocycles. The molecule has 334 valence electrons. The van der Waals surface area contributed by atoms with Crippen molar-refractivity contribution in [3.63, 3.8) is 0 Å². The first-order valence-corrected chi connectivity index (χ1v) is 22.1. The number of ketones is 2. The van der Waals surface area contributed by atoms with Crippen molar-refractivity contribution in [1.29, 1.82) is 0 Å². The minimum absolute atomic E-state index is 0.0235. The summed E-state index contributed by atoms with van der Waals surface area (Å²) in [6, 6.07) is 23.1. The molecule has 2 fully saturated rings. The fraction of sp³-hybridized carbons (Fsp3) is 0.451. The molecule has 1 aromatic heterocycles. The highest BCUT2D eigenvalue weighted by atomic mass is 19.1. The van der Waals surface area contributed by atoms with Crippen LogP contribution in [0.25, 0.3) is 28.2 Å². The molecule has 11 nitrogen and oxygen atoms in total. The second-order valence-corrected chi connectivity index (χ2v) is 17.7.